The van der Waals surface area contributed by atoms with E-state index in [9.17, 15) is 5.11 Å². The van der Waals surface area contributed by atoms with Gasteiger partial charge in [0.05, 0.1) is 18.8 Å². The number of benzene rings is 1. The van der Waals surface area contributed by atoms with Crippen molar-refractivity contribution in [3.05, 3.63) is 29.8 Å². The number of aliphatic hydroxyl groups is 1. The number of hydrogen-bond donors (Lipinski definition) is 1. The van der Waals surface area contributed by atoms with Gasteiger partial charge in [0.2, 0.25) is 0 Å². The van der Waals surface area contributed by atoms with Crippen LogP contribution in [0.15, 0.2) is 24.3 Å². The van der Waals surface area contributed by atoms with Gasteiger partial charge in [-0.15, -0.1) is 0 Å². The summed E-state index contributed by atoms with van der Waals surface area (Å²) in [7, 11) is 0. The van der Waals surface area contributed by atoms with Gasteiger partial charge in [-0.05, 0) is 25.3 Å². The maximum atomic E-state index is 9.93. The number of nitrogens with zero attached hydrogens (tertiary/aromatic N) is 1. The van der Waals surface area contributed by atoms with Crippen molar-refractivity contribution in [2.75, 3.05) is 6.61 Å². The molecule has 0 aliphatic heterocycles. The molecule has 2 rings (SSSR count). The number of para-hydroxylation sites is 1. The van der Waals surface area contributed by atoms with Gasteiger partial charge in [0.1, 0.15) is 5.75 Å². The van der Waals surface area contributed by atoms with Gasteiger partial charge < -0.3 is 9.84 Å². The molecule has 1 N–H and O–H groups in total. The maximum Gasteiger partial charge on any atom is 0.125 e. The van der Waals surface area contributed by atoms with Gasteiger partial charge >= 0.3 is 0 Å². The fourth-order valence-electron chi connectivity index (χ4n) is 2.05. The highest BCUT2D eigenvalue weighted by atomic mass is 16.5. The Morgan fingerprint density at radius 1 is 1.44 bits per heavy atom. The van der Waals surface area contributed by atoms with E-state index in [1.807, 2.05) is 31.2 Å². The summed E-state index contributed by atoms with van der Waals surface area (Å²) in [4.78, 5) is 0. The van der Waals surface area contributed by atoms with E-state index in [0.29, 0.717) is 19.4 Å². The monoisotopic (exact) mass is 245 g/mol. The van der Waals surface area contributed by atoms with Crippen LogP contribution in [0, 0.1) is 16.7 Å². The normalized spacial score (nSPS) is 17.8. The molecule has 3 heteroatoms. The minimum absolute atomic E-state index is 0.0685. The highest BCUT2D eigenvalue weighted by Gasteiger charge is 2.43. The Morgan fingerprint density at radius 3 is 2.78 bits per heavy atom. The Kier molecular flexibility index (Phi) is 3.88. The summed E-state index contributed by atoms with van der Waals surface area (Å²) in [5.74, 6) is 0.746. The van der Waals surface area contributed by atoms with Gasteiger partial charge in [0, 0.05) is 17.4 Å². The second-order valence-corrected chi connectivity index (χ2v) is 5.09. The molecule has 0 saturated heterocycles. The second-order valence-electron chi connectivity index (χ2n) is 5.09. The summed E-state index contributed by atoms with van der Waals surface area (Å²) in [6.07, 6.45) is 2.89. The van der Waals surface area contributed by atoms with Crippen LogP contribution in [-0.4, -0.2) is 11.7 Å². The van der Waals surface area contributed by atoms with Crippen molar-refractivity contribution < 1.29 is 9.84 Å². The third-order valence-corrected chi connectivity index (χ3v) is 3.61. The molecule has 0 aromatic heterocycles. The molecule has 0 radical (unpaired) electrons. The van der Waals surface area contributed by atoms with E-state index in [2.05, 4.69) is 6.07 Å². The summed E-state index contributed by atoms with van der Waals surface area (Å²) in [6.45, 7) is 2.52. The minimum Gasteiger partial charge on any atom is -0.493 e. The summed E-state index contributed by atoms with van der Waals surface area (Å²) >= 11 is 0. The molecule has 1 fully saturated rings. The molecule has 96 valence electrons. The Balaban J connectivity index is 2.03. The molecule has 0 heterocycles. The van der Waals surface area contributed by atoms with Crippen LogP contribution in [0.25, 0.3) is 0 Å². The molecule has 3 nitrogen and oxygen atoms in total. The van der Waals surface area contributed by atoms with E-state index in [1.165, 1.54) is 0 Å². The van der Waals surface area contributed by atoms with Crippen molar-refractivity contribution in [1.29, 1.82) is 5.26 Å². The first-order chi connectivity index (χ1) is 8.71. The highest BCUT2D eigenvalue weighted by molar-refractivity contribution is 5.35. The fourth-order valence-corrected chi connectivity index (χ4v) is 2.05. The van der Waals surface area contributed by atoms with Crippen molar-refractivity contribution >= 4 is 0 Å². The third-order valence-electron chi connectivity index (χ3n) is 3.61. The average Bonchev–Trinajstić information content (AvgIpc) is 3.16. The molecule has 0 bridgehead atoms. The lowest BCUT2D eigenvalue weighted by Gasteiger charge is -2.17. The van der Waals surface area contributed by atoms with E-state index < -0.39 is 6.10 Å². The zero-order valence-corrected chi connectivity index (χ0v) is 10.7. The molecule has 0 amide bonds. The molecular weight excluding hydrogens is 226 g/mol. The van der Waals surface area contributed by atoms with Crippen LogP contribution in [0.2, 0.25) is 0 Å². The minimum atomic E-state index is -0.479. The molecule has 1 aliphatic carbocycles. The molecule has 1 saturated carbocycles. The molecular formula is C15H19NO2. The van der Waals surface area contributed by atoms with E-state index in [0.717, 1.165) is 24.2 Å². The lowest BCUT2D eigenvalue weighted by Crippen LogP contribution is -2.13. The van der Waals surface area contributed by atoms with E-state index in [1.54, 1.807) is 0 Å². The number of rotatable bonds is 6. The van der Waals surface area contributed by atoms with Gasteiger partial charge in [-0.1, -0.05) is 25.1 Å². The van der Waals surface area contributed by atoms with E-state index >= 15 is 0 Å². The molecule has 18 heavy (non-hydrogen) atoms. The van der Waals surface area contributed by atoms with Crippen molar-refractivity contribution in [1.82, 2.24) is 0 Å². The summed E-state index contributed by atoms with van der Waals surface area (Å²) in [5.41, 5.74) is 0.909. The van der Waals surface area contributed by atoms with E-state index in [-0.39, 0.29) is 5.41 Å². The van der Waals surface area contributed by atoms with E-state index in [4.69, 9.17) is 10.00 Å². The SMILES string of the molecule is CC[C@@H](O)c1ccccc1OCC1(CC#N)CC1. The van der Waals surface area contributed by atoms with Gasteiger partial charge in [-0.3, -0.25) is 0 Å². The molecule has 0 unspecified atom stereocenters. The number of nitriles is 1. The predicted molar refractivity (Wildman–Crippen MR) is 69.1 cm³/mol. The van der Waals surface area contributed by atoms with Crippen LogP contribution >= 0.6 is 0 Å². The number of ether oxygens (including phenoxy) is 1. The summed E-state index contributed by atoms with van der Waals surface area (Å²) < 4.78 is 5.83. The fraction of sp³-hybridized carbons (Fsp3) is 0.533. The standard InChI is InChI=1S/C15H19NO2/c1-2-13(17)12-5-3-4-6-14(12)18-11-15(7-8-15)9-10-16/h3-6,13,17H,2,7-9,11H2,1H3/t13-/m1/s1. The Bertz CT molecular complexity index is 446. The van der Waals surface area contributed by atoms with Crippen LogP contribution in [0.3, 0.4) is 0 Å². The second kappa shape index (κ2) is 5.41. The Hall–Kier alpha value is -1.53. The smallest absolute Gasteiger partial charge is 0.125 e. The highest BCUT2D eigenvalue weighted by Crippen LogP contribution is 2.49. The lowest BCUT2D eigenvalue weighted by atomic mass is 10.0. The zero-order valence-electron chi connectivity index (χ0n) is 10.7. The topological polar surface area (TPSA) is 53.2 Å². The van der Waals surface area contributed by atoms with Crippen LogP contribution in [0.5, 0.6) is 5.75 Å². The first-order valence-corrected chi connectivity index (χ1v) is 6.47. The molecule has 0 spiro atoms. The van der Waals surface area contributed by atoms with Crippen LogP contribution in [0.1, 0.15) is 44.3 Å². The quantitative estimate of drug-likeness (QED) is 0.837. The largest absolute Gasteiger partial charge is 0.493 e. The van der Waals surface area contributed by atoms with Gasteiger partial charge in [0.25, 0.3) is 0 Å². The average molecular weight is 245 g/mol. The van der Waals surface area contributed by atoms with Crippen molar-refractivity contribution in [3.63, 3.8) is 0 Å². The van der Waals surface area contributed by atoms with Crippen LogP contribution < -0.4 is 4.74 Å². The van der Waals surface area contributed by atoms with Crippen LogP contribution in [-0.2, 0) is 0 Å². The third kappa shape index (κ3) is 2.83. The van der Waals surface area contributed by atoms with Crippen molar-refractivity contribution in [2.45, 2.75) is 38.7 Å². The maximum absolute atomic E-state index is 9.93. The first-order valence-electron chi connectivity index (χ1n) is 6.47. The summed E-state index contributed by atoms with van der Waals surface area (Å²) in [5, 5.41) is 18.7. The molecule has 1 aromatic carbocycles. The van der Waals surface area contributed by atoms with Gasteiger partial charge in [-0.2, -0.15) is 5.26 Å². The molecule has 1 aliphatic rings. The number of hydrogen-bond acceptors (Lipinski definition) is 3. The summed E-state index contributed by atoms with van der Waals surface area (Å²) in [6, 6.07) is 9.82. The lowest BCUT2D eigenvalue weighted by molar-refractivity contribution is 0.162. The van der Waals surface area contributed by atoms with Gasteiger partial charge in [-0.25, -0.2) is 0 Å². The Morgan fingerprint density at radius 2 is 2.17 bits per heavy atom. The van der Waals surface area contributed by atoms with Gasteiger partial charge in [0.15, 0.2) is 0 Å². The predicted octanol–water partition coefficient (Wildman–Crippen LogP) is 3.20. The van der Waals surface area contributed by atoms with Crippen molar-refractivity contribution in [3.8, 4) is 11.8 Å². The number of aliphatic hydroxyl groups excluding tert-OH is 1. The molecule has 1 atom stereocenters. The Labute approximate surface area is 108 Å². The first kappa shape index (κ1) is 12.9. The molecule has 1 aromatic rings. The van der Waals surface area contributed by atoms with Crippen LogP contribution in [0.4, 0.5) is 0 Å². The zero-order chi connectivity index (χ0) is 13.0. The van der Waals surface area contributed by atoms with Crippen molar-refractivity contribution in [2.24, 2.45) is 5.41 Å².